The summed E-state index contributed by atoms with van der Waals surface area (Å²) < 4.78 is 356. The van der Waals surface area contributed by atoms with Crippen LogP contribution in [0.5, 0.6) is 11.5 Å². The third-order valence-electron chi connectivity index (χ3n) is 11.9. The SMILES string of the molecule is FC(F)(F)c1cc([B-](c2cc(C(F)(F)F)cc(C(F)(F)F)c2)(c2cc(C(F)(F)F)cc(C(F)(F)F)c2)c2cc(C(F)(F)F)cc(C(F)(F)F)c2)cc(C(F)(F)F)c1.c1ccc(C[n+]2csc3c4ccc(c32)OCCO4)cc1. The Morgan fingerprint density at radius 3 is 0.922 bits per heavy atom. The van der Waals surface area contributed by atoms with Gasteiger partial charge in [0.05, 0.1) is 44.5 Å². The molecule has 0 saturated carbocycles. The Balaban J connectivity index is 0.000000353. The van der Waals surface area contributed by atoms with Crippen LogP contribution in [0.25, 0.3) is 10.2 Å². The number of alkyl halides is 24. The van der Waals surface area contributed by atoms with Gasteiger partial charge < -0.3 is 9.47 Å². The lowest BCUT2D eigenvalue weighted by atomic mass is 9.12. The van der Waals surface area contributed by atoms with Crippen LogP contribution in [0.2, 0.25) is 0 Å². The first-order valence-electron chi connectivity index (χ1n) is 21.3. The molecule has 2 bridgehead atoms. The molecule has 0 N–H and O–H groups in total. The summed E-state index contributed by atoms with van der Waals surface area (Å²) in [6, 6.07) is 5.66. The van der Waals surface area contributed by atoms with Crippen LogP contribution in [0.15, 0.2) is 121 Å². The molecule has 2 heterocycles. The second-order valence-electron chi connectivity index (χ2n) is 17.0. The van der Waals surface area contributed by atoms with Gasteiger partial charge in [0.15, 0.2) is 17.0 Å². The van der Waals surface area contributed by atoms with Crippen molar-refractivity contribution in [3.8, 4) is 11.5 Å². The molecule has 1 aromatic heterocycles. The number of rotatable bonds is 6. The zero-order valence-corrected chi connectivity index (χ0v) is 38.3. The highest BCUT2D eigenvalue weighted by Crippen LogP contribution is 2.42. The summed E-state index contributed by atoms with van der Waals surface area (Å²) >= 11 is 1.71. The summed E-state index contributed by atoms with van der Waals surface area (Å²) in [5.41, 5.74) is -25.6. The van der Waals surface area contributed by atoms with E-state index in [2.05, 4.69) is 34.3 Å². The highest BCUT2D eigenvalue weighted by atomic mass is 32.1. The number of halogens is 24. The highest BCUT2D eigenvalue weighted by Gasteiger charge is 2.47. The summed E-state index contributed by atoms with van der Waals surface area (Å²) in [5.74, 6) is 1.91. The average molecular weight is 1150 g/mol. The van der Waals surface area contributed by atoms with E-state index in [1.807, 2.05) is 18.2 Å². The summed E-state index contributed by atoms with van der Waals surface area (Å²) in [4.78, 5) is 0. The molecule has 1 aliphatic rings. The zero-order valence-electron chi connectivity index (χ0n) is 37.5. The number of thiazole rings is 1. The molecular weight excluding hydrogens is 1120 g/mol. The second kappa shape index (κ2) is 19.9. The number of ether oxygens (including phenoxy) is 2. The fraction of sp³-hybridized carbons (Fsp3) is 0.229. The molecule has 412 valence electrons. The van der Waals surface area contributed by atoms with Crippen LogP contribution in [-0.4, -0.2) is 19.4 Å². The standard InChI is InChI=1S/C32H12BF24.C16H14NO2S/c34-25(35,36)13-1-14(26(37,38)39)6-21(5-13)33(22-7-15(27(40,41)42)2-16(8-22)28(43,44)45,23-9-17(29(46,47)48)3-18(10-23)30(49,50)51)24-11-19(31(52,53)54)4-20(12-24)32(55,56)57;1-2-4-12(5-3-1)10-17-11-20-16-14-7-6-13(15(16)17)18-8-9-19-14/h1-12H;1-7,11H,8-10H2/q-1;+1. The van der Waals surface area contributed by atoms with Gasteiger partial charge in [0.2, 0.25) is 5.51 Å². The molecule has 0 amide bonds. The van der Waals surface area contributed by atoms with E-state index in [0.717, 1.165) is 28.3 Å². The maximum Gasteiger partial charge on any atom is 0.416 e. The number of benzene rings is 6. The Kier molecular flexibility index (Phi) is 15.0. The van der Waals surface area contributed by atoms with Crippen molar-refractivity contribution in [2.75, 3.05) is 13.2 Å². The largest absolute Gasteiger partial charge is 0.488 e. The van der Waals surface area contributed by atoms with E-state index in [0.29, 0.717) is 13.2 Å². The molecule has 0 aliphatic carbocycles. The third-order valence-corrected chi connectivity index (χ3v) is 12.9. The highest BCUT2D eigenvalue weighted by molar-refractivity contribution is 7.20. The van der Waals surface area contributed by atoms with Gasteiger partial charge in [-0.15, -0.1) is 0 Å². The lowest BCUT2D eigenvalue weighted by Gasteiger charge is -2.46. The van der Waals surface area contributed by atoms with Gasteiger partial charge in [-0.2, -0.15) is 132 Å². The Morgan fingerprint density at radius 1 is 0.364 bits per heavy atom. The topological polar surface area (TPSA) is 22.3 Å². The first-order valence-corrected chi connectivity index (χ1v) is 22.1. The molecule has 7 aromatic rings. The van der Waals surface area contributed by atoms with Crippen molar-refractivity contribution < 1.29 is 119 Å². The number of fused-ring (bicyclic) bond motifs is 6. The number of nitrogens with zero attached hydrogens (tertiary/aromatic N) is 1. The molecule has 1 aliphatic heterocycles. The van der Waals surface area contributed by atoms with Crippen molar-refractivity contribution in [1.82, 2.24) is 0 Å². The van der Waals surface area contributed by atoms with Crippen molar-refractivity contribution in [2.24, 2.45) is 0 Å². The molecule has 0 radical (unpaired) electrons. The monoisotopic (exact) mass is 1150 g/mol. The number of aromatic nitrogens is 1. The summed E-state index contributed by atoms with van der Waals surface area (Å²) in [6.07, 6.45) is -54.8. The molecular formula is C48H26BF24NO2S. The van der Waals surface area contributed by atoms with Crippen molar-refractivity contribution in [3.63, 3.8) is 0 Å². The Labute approximate surface area is 419 Å². The summed E-state index contributed by atoms with van der Waals surface area (Å²) in [6.45, 7) is 2.06. The smallest absolute Gasteiger partial charge is 0.416 e. The normalized spacial score (nSPS) is 14.1. The van der Waals surface area contributed by atoms with Gasteiger partial charge in [-0.25, -0.2) is 0 Å². The van der Waals surface area contributed by atoms with Crippen LogP contribution in [0.4, 0.5) is 105 Å². The Bertz CT molecular complexity index is 2850. The molecule has 8 rings (SSSR count). The van der Waals surface area contributed by atoms with E-state index < -0.39 is 195 Å². The van der Waals surface area contributed by atoms with E-state index >= 15 is 0 Å². The van der Waals surface area contributed by atoms with Crippen LogP contribution in [0.1, 0.15) is 50.1 Å². The van der Waals surface area contributed by atoms with Crippen LogP contribution in [0, 0.1) is 0 Å². The molecule has 0 atom stereocenters. The molecule has 0 saturated heterocycles. The lowest BCUT2D eigenvalue weighted by molar-refractivity contribution is -0.658. The molecule has 3 nitrogen and oxygen atoms in total. The molecule has 0 unspecified atom stereocenters. The summed E-state index contributed by atoms with van der Waals surface area (Å²) in [5, 5.41) is 0. The zero-order chi connectivity index (χ0) is 57.3. The fourth-order valence-electron chi connectivity index (χ4n) is 8.59. The lowest BCUT2D eigenvalue weighted by Crippen LogP contribution is -2.75. The minimum Gasteiger partial charge on any atom is -0.488 e. The van der Waals surface area contributed by atoms with Crippen molar-refractivity contribution in [2.45, 2.75) is 56.0 Å². The van der Waals surface area contributed by atoms with Crippen LogP contribution in [-0.2, 0) is 56.0 Å². The Hall–Kier alpha value is -6.81. The first kappa shape index (κ1) is 57.9. The van der Waals surface area contributed by atoms with Gasteiger partial charge in [0.1, 0.15) is 25.1 Å². The number of hydrogen-bond donors (Lipinski definition) is 0. The van der Waals surface area contributed by atoms with E-state index in [4.69, 9.17) is 9.47 Å². The van der Waals surface area contributed by atoms with Crippen LogP contribution >= 0.6 is 11.3 Å². The van der Waals surface area contributed by atoms with Crippen molar-refractivity contribution >= 4 is 49.6 Å². The number of hydrogen-bond acceptors (Lipinski definition) is 3. The fourth-order valence-corrected chi connectivity index (χ4v) is 9.58. The second-order valence-corrected chi connectivity index (χ2v) is 17.9. The van der Waals surface area contributed by atoms with E-state index in [-0.39, 0.29) is 0 Å². The van der Waals surface area contributed by atoms with Gasteiger partial charge in [-0.1, -0.05) is 90.2 Å². The predicted molar refractivity (Wildman–Crippen MR) is 229 cm³/mol. The average Bonchev–Trinajstić information content (AvgIpc) is 3.72. The van der Waals surface area contributed by atoms with E-state index in [1.165, 1.54) is 5.56 Å². The maximum absolute atomic E-state index is 14.2. The van der Waals surface area contributed by atoms with E-state index in [9.17, 15) is 105 Å². The third kappa shape index (κ3) is 12.5. The van der Waals surface area contributed by atoms with Crippen molar-refractivity contribution in [3.05, 3.63) is 171 Å². The minimum absolute atomic E-state index is 0.601. The van der Waals surface area contributed by atoms with Crippen LogP contribution < -0.4 is 35.9 Å². The molecule has 29 heteroatoms. The summed E-state index contributed by atoms with van der Waals surface area (Å²) in [7, 11) is 0. The van der Waals surface area contributed by atoms with Gasteiger partial charge in [0.25, 0.3) is 5.52 Å². The minimum atomic E-state index is -6.13. The first-order chi connectivity index (χ1) is 35.2. The van der Waals surface area contributed by atoms with Crippen molar-refractivity contribution in [1.29, 1.82) is 0 Å². The molecule has 0 spiro atoms. The molecule has 6 aromatic carbocycles. The Morgan fingerprint density at radius 2 is 0.636 bits per heavy atom. The van der Waals surface area contributed by atoms with Crippen LogP contribution in [0.3, 0.4) is 0 Å². The quantitative estimate of drug-likeness (QED) is 0.0941. The predicted octanol–water partition coefficient (Wildman–Crippen LogP) is 14.2. The van der Waals surface area contributed by atoms with E-state index in [1.54, 1.807) is 11.3 Å². The van der Waals surface area contributed by atoms with Gasteiger partial charge >= 0.3 is 49.4 Å². The molecule has 0 fully saturated rings. The molecule has 77 heavy (non-hydrogen) atoms. The van der Waals surface area contributed by atoms with Gasteiger partial charge in [-0.3, -0.25) is 0 Å². The van der Waals surface area contributed by atoms with Gasteiger partial charge in [0, 0.05) is 5.56 Å². The maximum atomic E-state index is 14.2. The van der Waals surface area contributed by atoms with Gasteiger partial charge in [-0.05, 0) is 36.4 Å².